The van der Waals surface area contributed by atoms with E-state index in [9.17, 15) is 4.79 Å². The highest BCUT2D eigenvalue weighted by Gasteiger charge is 2.08. The summed E-state index contributed by atoms with van der Waals surface area (Å²) in [7, 11) is 0. The number of H-pyrrole nitrogens is 1. The maximum Gasteiger partial charge on any atom is 0.251 e. The average Bonchev–Trinajstić information content (AvgIpc) is 2.37. The molecular weight excluding hydrogens is 294 g/mol. The van der Waals surface area contributed by atoms with Crippen molar-refractivity contribution in [2.45, 2.75) is 36.5 Å². The molecule has 106 valence electrons. The number of halogens is 1. The molecule has 1 heterocycles. The molecule has 0 saturated carbocycles. The fraction of sp³-hybridized carbons (Fsp3) is 0.286. The number of rotatable bonds is 5. The Bertz CT molecular complexity index is 642. The molecule has 1 aromatic carbocycles. The molecule has 0 bridgehead atoms. The number of benzene rings is 1. The van der Waals surface area contributed by atoms with Crippen molar-refractivity contribution in [1.29, 1.82) is 0 Å². The molecule has 2 N–H and O–H groups in total. The molecule has 0 fully saturated rings. The zero-order chi connectivity index (χ0) is 14.5. The van der Waals surface area contributed by atoms with E-state index in [2.05, 4.69) is 29.1 Å². The topological polar surface area (TPSA) is 57.8 Å². The number of hydrogen-bond acceptors (Lipinski definition) is 4. The molecule has 0 spiro atoms. The molecule has 0 aliphatic heterocycles. The number of aromatic amines is 1. The van der Waals surface area contributed by atoms with E-state index in [1.165, 1.54) is 24.0 Å². The highest BCUT2D eigenvalue weighted by molar-refractivity contribution is 7.99. The second kappa shape index (κ2) is 6.92. The minimum absolute atomic E-state index is 0.161. The van der Waals surface area contributed by atoms with Crippen molar-refractivity contribution < 1.29 is 0 Å². The molecule has 0 saturated heterocycles. The van der Waals surface area contributed by atoms with E-state index in [1.54, 1.807) is 0 Å². The Hall–Kier alpha value is -1.30. The molecule has 0 aliphatic carbocycles. The number of aromatic nitrogens is 2. The van der Waals surface area contributed by atoms with Crippen LogP contribution >= 0.6 is 23.4 Å². The Morgan fingerprint density at radius 2 is 2.20 bits per heavy atom. The molecule has 6 heteroatoms. The predicted molar refractivity (Wildman–Crippen MR) is 82.4 cm³/mol. The number of nitrogens with zero attached hydrogens (tertiary/aromatic N) is 1. The van der Waals surface area contributed by atoms with E-state index in [4.69, 9.17) is 11.6 Å². The van der Waals surface area contributed by atoms with Crippen molar-refractivity contribution in [1.82, 2.24) is 15.3 Å². The smallest absolute Gasteiger partial charge is 0.251 e. The van der Waals surface area contributed by atoms with Crippen LogP contribution in [0.5, 0.6) is 0 Å². The van der Waals surface area contributed by atoms with Gasteiger partial charge < -0.3 is 10.3 Å². The van der Waals surface area contributed by atoms with Gasteiger partial charge in [-0.25, -0.2) is 4.98 Å². The Morgan fingerprint density at radius 3 is 2.90 bits per heavy atom. The van der Waals surface area contributed by atoms with Gasteiger partial charge in [0.15, 0.2) is 5.16 Å². The zero-order valence-corrected chi connectivity index (χ0v) is 12.9. The molecule has 0 atom stereocenters. The van der Waals surface area contributed by atoms with Gasteiger partial charge in [0, 0.05) is 34.8 Å². The standard InChI is InChI=1S/C14H16ClN3OS/c1-9(2)17-8-10-3-4-11(15)7-12(10)20-14-16-6-5-13(19)18-14/h3-7,9,17H,8H2,1-2H3,(H,16,18,19). The van der Waals surface area contributed by atoms with Crippen molar-refractivity contribution in [3.63, 3.8) is 0 Å². The molecule has 1 aromatic heterocycles. The van der Waals surface area contributed by atoms with Gasteiger partial charge in [-0.3, -0.25) is 4.79 Å². The third kappa shape index (κ3) is 4.37. The first-order valence-corrected chi connectivity index (χ1v) is 7.49. The Balaban J connectivity index is 2.24. The summed E-state index contributed by atoms with van der Waals surface area (Å²) in [6, 6.07) is 7.53. The van der Waals surface area contributed by atoms with Crippen LogP contribution in [0.3, 0.4) is 0 Å². The summed E-state index contributed by atoms with van der Waals surface area (Å²) >= 11 is 7.45. The Kier molecular flexibility index (Phi) is 5.23. The van der Waals surface area contributed by atoms with Gasteiger partial charge in [0.25, 0.3) is 5.56 Å². The summed E-state index contributed by atoms with van der Waals surface area (Å²) in [5, 5.41) is 4.60. The normalized spacial score (nSPS) is 11.0. The Labute approximate surface area is 127 Å². The van der Waals surface area contributed by atoms with Gasteiger partial charge in [-0.2, -0.15) is 0 Å². The van der Waals surface area contributed by atoms with Crippen LogP contribution in [0.25, 0.3) is 0 Å². The van der Waals surface area contributed by atoms with Crippen molar-refractivity contribution in [3.8, 4) is 0 Å². The van der Waals surface area contributed by atoms with Crippen LogP contribution in [-0.2, 0) is 6.54 Å². The average molecular weight is 310 g/mol. The summed E-state index contributed by atoms with van der Waals surface area (Å²) in [6.07, 6.45) is 1.50. The van der Waals surface area contributed by atoms with Gasteiger partial charge in [0.2, 0.25) is 0 Å². The van der Waals surface area contributed by atoms with E-state index in [0.29, 0.717) is 16.2 Å². The van der Waals surface area contributed by atoms with E-state index in [0.717, 1.165) is 17.0 Å². The molecule has 0 unspecified atom stereocenters. The minimum Gasteiger partial charge on any atom is -0.310 e. The van der Waals surface area contributed by atoms with E-state index >= 15 is 0 Å². The lowest BCUT2D eigenvalue weighted by atomic mass is 10.2. The SMILES string of the molecule is CC(C)NCc1ccc(Cl)cc1Sc1nccc(=O)[nH]1. The lowest BCUT2D eigenvalue weighted by molar-refractivity contribution is 0.584. The summed E-state index contributed by atoms with van der Waals surface area (Å²) in [4.78, 5) is 19.1. The third-order valence-corrected chi connectivity index (χ3v) is 3.82. The van der Waals surface area contributed by atoms with E-state index in [1.807, 2.05) is 18.2 Å². The van der Waals surface area contributed by atoms with E-state index in [-0.39, 0.29) is 5.56 Å². The van der Waals surface area contributed by atoms with Crippen molar-refractivity contribution in [3.05, 3.63) is 51.4 Å². The maximum atomic E-state index is 11.3. The van der Waals surface area contributed by atoms with Gasteiger partial charge in [0.05, 0.1) is 0 Å². The molecule has 0 amide bonds. The monoisotopic (exact) mass is 309 g/mol. The predicted octanol–water partition coefficient (Wildman–Crippen LogP) is 3.07. The maximum absolute atomic E-state index is 11.3. The van der Waals surface area contributed by atoms with E-state index < -0.39 is 0 Å². The van der Waals surface area contributed by atoms with Crippen LogP contribution in [-0.4, -0.2) is 16.0 Å². The quantitative estimate of drug-likeness (QED) is 0.833. The fourth-order valence-corrected chi connectivity index (χ4v) is 2.76. The third-order valence-electron chi connectivity index (χ3n) is 2.58. The first-order chi connectivity index (χ1) is 9.54. The second-order valence-corrected chi connectivity index (χ2v) is 6.10. The summed E-state index contributed by atoms with van der Waals surface area (Å²) in [5.74, 6) is 0. The van der Waals surface area contributed by atoms with Crippen molar-refractivity contribution in [2.24, 2.45) is 0 Å². The molecule has 0 radical (unpaired) electrons. The van der Waals surface area contributed by atoms with Crippen LogP contribution in [0, 0.1) is 0 Å². The largest absolute Gasteiger partial charge is 0.310 e. The Morgan fingerprint density at radius 1 is 1.40 bits per heavy atom. The second-order valence-electron chi connectivity index (χ2n) is 4.63. The van der Waals surface area contributed by atoms with Gasteiger partial charge in [-0.15, -0.1) is 0 Å². The molecule has 0 aliphatic rings. The molecule has 2 rings (SSSR count). The van der Waals surface area contributed by atoms with Crippen LogP contribution in [0.4, 0.5) is 0 Å². The highest BCUT2D eigenvalue weighted by atomic mass is 35.5. The van der Waals surface area contributed by atoms with Crippen molar-refractivity contribution in [2.75, 3.05) is 0 Å². The molecule has 4 nitrogen and oxygen atoms in total. The van der Waals surface area contributed by atoms with Crippen LogP contribution in [0.2, 0.25) is 5.02 Å². The lowest BCUT2D eigenvalue weighted by Crippen LogP contribution is -2.22. The highest BCUT2D eigenvalue weighted by Crippen LogP contribution is 2.30. The van der Waals surface area contributed by atoms with Gasteiger partial charge >= 0.3 is 0 Å². The summed E-state index contributed by atoms with van der Waals surface area (Å²) < 4.78 is 0. The zero-order valence-electron chi connectivity index (χ0n) is 11.3. The minimum atomic E-state index is -0.161. The van der Waals surface area contributed by atoms with Crippen LogP contribution in [0.15, 0.2) is 45.3 Å². The number of hydrogen-bond donors (Lipinski definition) is 2. The first-order valence-electron chi connectivity index (χ1n) is 6.29. The van der Waals surface area contributed by atoms with Gasteiger partial charge in [-0.05, 0) is 17.7 Å². The molecule has 20 heavy (non-hydrogen) atoms. The summed E-state index contributed by atoms with van der Waals surface area (Å²) in [6.45, 7) is 4.94. The van der Waals surface area contributed by atoms with Crippen molar-refractivity contribution >= 4 is 23.4 Å². The van der Waals surface area contributed by atoms with Gasteiger partial charge in [-0.1, -0.05) is 43.3 Å². The van der Waals surface area contributed by atoms with Crippen LogP contribution in [0.1, 0.15) is 19.4 Å². The van der Waals surface area contributed by atoms with Crippen LogP contribution < -0.4 is 10.9 Å². The first kappa shape index (κ1) is 15.1. The molecular formula is C14H16ClN3OS. The van der Waals surface area contributed by atoms with Gasteiger partial charge in [0.1, 0.15) is 0 Å². The lowest BCUT2D eigenvalue weighted by Gasteiger charge is -2.12. The number of nitrogens with one attached hydrogen (secondary N) is 2. The fourth-order valence-electron chi connectivity index (χ4n) is 1.59. The summed E-state index contributed by atoms with van der Waals surface area (Å²) in [5.41, 5.74) is 0.964. The molecule has 2 aromatic rings.